The van der Waals surface area contributed by atoms with E-state index in [1.165, 1.54) is 38.5 Å². The number of carboxylic acids is 3. The number of hydrogen-bond donors (Lipinski definition) is 6. The quantitative estimate of drug-likeness (QED) is 0.144. The van der Waals surface area contributed by atoms with Gasteiger partial charge in [-0.25, -0.2) is 4.79 Å². The van der Waals surface area contributed by atoms with Gasteiger partial charge in [-0.05, 0) is 32.2 Å². The fourth-order valence-electron chi connectivity index (χ4n) is 3.02. The van der Waals surface area contributed by atoms with E-state index in [0.717, 1.165) is 32.1 Å². The van der Waals surface area contributed by atoms with Gasteiger partial charge in [-0.3, -0.25) is 14.4 Å². The molecule has 1 unspecified atom stereocenters. The van der Waals surface area contributed by atoms with Crippen LogP contribution in [0.15, 0.2) is 0 Å². The highest BCUT2D eigenvalue weighted by Crippen LogP contribution is 2.10. The third kappa shape index (κ3) is 24.3. The van der Waals surface area contributed by atoms with Crippen LogP contribution in [0.2, 0.25) is 0 Å². The number of unbranched alkanes of at least 4 members (excludes halogenated alkanes) is 9. The lowest BCUT2D eigenvalue weighted by Crippen LogP contribution is -2.41. The van der Waals surface area contributed by atoms with E-state index >= 15 is 0 Å². The molecule has 0 radical (unpaired) electrons. The van der Waals surface area contributed by atoms with Crippen molar-refractivity contribution >= 4 is 23.8 Å². The van der Waals surface area contributed by atoms with E-state index in [-0.39, 0.29) is 18.7 Å². The average molecular weight is 476 g/mol. The van der Waals surface area contributed by atoms with E-state index in [1.54, 1.807) is 0 Å². The molecule has 10 heteroatoms. The first kappa shape index (κ1) is 33.0. The highest BCUT2D eigenvalue weighted by molar-refractivity contribution is 5.83. The first-order valence-corrected chi connectivity index (χ1v) is 12.1. The van der Waals surface area contributed by atoms with E-state index in [2.05, 4.69) is 12.2 Å². The fourth-order valence-corrected chi connectivity index (χ4v) is 3.02. The lowest BCUT2D eigenvalue weighted by molar-refractivity contribution is -0.143. The zero-order chi connectivity index (χ0) is 25.5. The molecule has 0 saturated heterocycles. The van der Waals surface area contributed by atoms with Gasteiger partial charge in [0.1, 0.15) is 12.1 Å². The second kappa shape index (κ2) is 23.0. The minimum Gasteiger partial charge on any atom is -0.481 e. The molecular formula is C23H45N3O7. The Balaban J connectivity index is 0. The van der Waals surface area contributed by atoms with Crippen molar-refractivity contribution in [2.24, 2.45) is 11.5 Å². The molecule has 0 aliphatic carbocycles. The second-order valence-electron chi connectivity index (χ2n) is 8.20. The maximum atomic E-state index is 11.7. The maximum Gasteiger partial charge on any atom is 0.326 e. The summed E-state index contributed by atoms with van der Waals surface area (Å²) in [6, 6.07) is -1.83. The highest BCUT2D eigenvalue weighted by atomic mass is 16.4. The third-order valence-electron chi connectivity index (χ3n) is 5.07. The van der Waals surface area contributed by atoms with E-state index in [0.29, 0.717) is 19.4 Å². The monoisotopic (exact) mass is 475 g/mol. The number of hydrogen-bond acceptors (Lipinski definition) is 6. The van der Waals surface area contributed by atoms with Gasteiger partial charge in [0.25, 0.3) is 0 Å². The van der Waals surface area contributed by atoms with E-state index in [4.69, 9.17) is 26.8 Å². The van der Waals surface area contributed by atoms with Gasteiger partial charge in [0.15, 0.2) is 0 Å². The topological polar surface area (TPSA) is 193 Å². The molecule has 0 aromatic heterocycles. The first-order chi connectivity index (χ1) is 15.6. The Hall–Kier alpha value is -2.20. The molecule has 0 aliphatic rings. The number of amides is 1. The van der Waals surface area contributed by atoms with Crippen LogP contribution in [-0.4, -0.2) is 57.8 Å². The summed E-state index contributed by atoms with van der Waals surface area (Å²) in [6.07, 6.45) is 12.5. The van der Waals surface area contributed by atoms with Crippen LogP contribution in [0, 0.1) is 0 Å². The van der Waals surface area contributed by atoms with E-state index in [9.17, 15) is 19.2 Å². The number of carbonyl (C=O) groups excluding carboxylic acids is 1. The standard InChI is InChI=1S/C17H31NO5.C6H14N2O2/c1-2-3-4-5-6-7-8-9-10-11-15(19)18-14(17(22)23)12-13-16(20)21;7-4-2-1-3-5(8)6(9)10/h14H,2-13H2,1H3,(H,18,19)(H,20,21)(H,22,23);5H,1-4,7-8H2,(H,9,10)/t;5-/m.0/s1. The van der Waals surface area contributed by atoms with E-state index in [1.807, 2.05) is 0 Å². The zero-order valence-corrected chi connectivity index (χ0v) is 20.1. The Morgan fingerprint density at radius 2 is 1.27 bits per heavy atom. The predicted octanol–water partition coefficient (Wildman–Crippen LogP) is 2.87. The van der Waals surface area contributed by atoms with E-state index < -0.39 is 30.0 Å². The molecule has 2 atom stereocenters. The number of carboxylic acid groups (broad SMARTS) is 3. The largest absolute Gasteiger partial charge is 0.481 e. The molecule has 0 heterocycles. The summed E-state index contributed by atoms with van der Waals surface area (Å²) in [6.45, 7) is 2.80. The summed E-state index contributed by atoms with van der Waals surface area (Å²) in [4.78, 5) is 43.2. The molecule has 0 saturated carbocycles. The Kier molecular flexibility index (Phi) is 23.0. The Bertz CT molecular complexity index is 544. The van der Waals surface area contributed by atoms with Crippen LogP contribution in [0.4, 0.5) is 0 Å². The van der Waals surface area contributed by atoms with Crippen molar-refractivity contribution in [3.05, 3.63) is 0 Å². The summed E-state index contributed by atoms with van der Waals surface area (Å²) >= 11 is 0. The van der Waals surface area contributed by atoms with Crippen molar-refractivity contribution in [3.8, 4) is 0 Å². The van der Waals surface area contributed by atoms with Gasteiger partial charge >= 0.3 is 17.9 Å². The molecule has 0 rings (SSSR count). The lowest BCUT2D eigenvalue weighted by atomic mass is 10.1. The van der Waals surface area contributed by atoms with Gasteiger partial charge in [0, 0.05) is 12.8 Å². The highest BCUT2D eigenvalue weighted by Gasteiger charge is 2.20. The molecule has 0 aliphatic heterocycles. The summed E-state index contributed by atoms with van der Waals surface area (Å²) in [7, 11) is 0. The molecule has 10 nitrogen and oxygen atoms in total. The maximum absolute atomic E-state index is 11.7. The smallest absolute Gasteiger partial charge is 0.326 e. The summed E-state index contributed by atoms with van der Waals surface area (Å²) < 4.78 is 0. The molecular weight excluding hydrogens is 430 g/mol. The second-order valence-corrected chi connectivity index (χ2v) is 8.20. The molecule has 0 bridgehead atoms. The molecule has 194 valence electrons. The summed E-state index contributed by atoms with van der Waals surface area (Å²) in [5, 5.41) is 28.2. The van der Waals surface area contributed by atoms with Crippen LogP contribution in [0.5, 0.6) is 0 Å². The van der Waals surface area contributed by atoms with Gasteiger partial charge < -0.3 is 32.1 Å². The van der Waals surface area contributed by atoms with Gasteiger partial charge in [-0.1, -0.05) is 64.7 Å². The molecule has 0 fully saturated rings. The fraction of sp³-hybridized carbons (Fsp3) is 0.826. The Morgan fingerprint density at radius 3 is 1.73 bits per heavy atom. The van der Waals surface area contributed by atoms with Crippen LogP contribution in [0.1, 0.15) is 103 Å². The summed E-state index contributed by atoms with van der Waals surface area (Å²) in [5.41, 5.74) is 10.4. The molecule has 8 N–H and O–H groups in total. The first-order valence-electron chi connectivity index (χ1n) is 12.1. The van der Waals surface area contributed by atoms with Crippen LogP contribution in [0.25, 0.3) is 0 Å². The Labute approximate surface area is 197 Å². The van der Waals surface area contributed by atoms with Crippen molar-refractivity contribution in [2.45, 2.75) is 115 Å². The van der Waals surface area contributed by atoms with Gasteiger partial charge in [-0.2, -0.15) is 0 Å². The number of nitrogens with one attached hydrogen (secondary N) is 1. The zero-order valence-electron chi connectivity index (χ0n) is 20.1. The van der Waals surface area contributed by atoms with Crippen molar-refractivity contribution in [1.82, 2.24) is 5.32 Å². The molecule has 1 amide bonds. The Morgan fingerprint density at radius 1 is 0.727 bits per heavy atom. The number of aliphatic carboxylic acids is 3. The van der Waals surface area contributed by atoms with Crippen molar-refractivity contribution in [2.75, 3.05) is 6.54 Å². The van der Waals surface area contributed by atoms with Crippen LogP contribution >= 0.6 is 0 Å². The van der Waals surface area contributed by atoms with Crippen LogP contribution in [-0.2, 0) is 19.2 Å². The molecule has 33 heavy (non-hydrogen) atoms. The lowest BCUT2D eigenvalue weighted by Gasteiger charge is -2.13. The van der Waals surface area contributed by atoms with Crippen LogP contribution < -0.4 is 16.8 Å². The average Bonchev–Trinajstić information content (AvgIpc) is 2.75. The van der Waals surface area contributed by atoms with Gasteiger partial charge in [0.05, 0.1) is 0 Å². The number of nitrogens with two attached hydrogens (primary N) is 2. The predicted molar refractivity (Wildman–Crippen MR) is 127 cm³/mol. The van der Waals surface area contributed by atoms with Crippen molar-refractivity contribution in [1.29, 1.82) is 0 Å². The minimum absolute atomic E-state index is 0.0891. The summed E-state index contributed by atoms with van der Waals surface area (Å²) in [5.74, 6) is -3.50. The molecule has 0 spiro atoms. The van der Waals surface area contributed by atoms with Gasteiger partial charge in [-0.15, -0.1) is 0 Å². The number of carbonyl (C=O) groups is 4. The normalized spacial score (nSPS) is 12.2. The number of rotatable bonds is 20. The van der Waals surface area contributed by atoms with Crippen molar-refractivity contribution in [3.63, 3.8) is 0 Å². The molecule has 0 aromatic carbocycles. The SMILES string of the molecule is CCCCCCCCCCCC(=O)NC(CCC(=O)O)C(=O)O.NCCCC[C@H](N)C(=O)O. The van der Waals surface area contributed by atoms with Gasteiger partial charge in [0.2, 0.25) is 5.91 Å². The minimum atomic E-state index is -1.19. The molecule has 0 aromatic rings. The van der Waals surface area contributed by atoms with Crippen molar-refractivity contribution < 1.29 is 34.5 Å². The van der Waals surface area contributed by atoms with Crippen LogP contribution in [0.3, 0.4) is 0 Å². The third-order valence-corrected chi connectivity index (χ3v) is 5.07.